The fourth-order valence-electron chi connectivity index (χ4n) is 2.57. The SMILES string of the molecule is CC(C)NCc1ccoc1COC1CCCCCC1. The fraction of sp³-hybridized carbons (Fsp3) is 0.750. The lowest BCUT2D eigenvalue weighted by Crippen LogP contribution is -2.22. The Bertz CT molecular complexity index is 351. The summed E-state index contributed by atoms with van der Waals surface area (Å²) < 4.78 is 11.6. The lowest BCUT2D eigenvalue weighted by atomic mass is 10.1. The zero-order valence-electron chi connectivity index (χ0n) is 12.3. The summed E-state index contributed by atoms with van der Waals surface area (Å²) in [4.78, 5) is 0. The Morgan fingerprint density at radius 3 is 2.68 bits per heavy atom. The molecule has 0 spiro atoms. The van der Waals surface area contributed by atoms with E-state index in [2.05, 4.69) is 19.2 Å². The van der Waals surface area contributed by atoms with E-state index in [4.69, 9.17) is 9.15 Å². The van der Waals surface area contributed by atoms with Gasteiger partial charge in [-0.3, -0.25) is 0 Å². The molecular formula is C16H27NO2. The summed E-state index contributed by atoms with van der Waals surface area (Å²) in [6.07, 6.45) is 9.96. The molecule has 19 heavy (non-hydrogen) atoms. The standard InChI is InChI=1S/C16H27NO2/c1-13(2)17-11-14-9-10-18-16(14)12-19-15-7-5-3-4-6-8-15/h9-10,13,15,17H,3-8,11-12H2,1-2H3. The Morgan fingerprint density at radius 1 is 1.26 bits per heavy atom. The summed E-state index contributed by atoms with van der Waals surface area (Å²) in [5.74, 6) is 0.984. The van der Waals surface area contributed by atoms with Crippen molar-refractivity contribution in [3.63, 3.8) is 0 Å². The molecule has 0 radical (unpaired) electrons. The third kappa shape index (κ3) is 5.00. The molecule has 1 N–H and O–H groups in total. The highest BCUT2D eigenvalue weighted by atomic mass is 16.5. The molecule has 108 valence electrons. The van der Waals surface area contributed by atoms with Crippen LogP contribution in [0.4, 0.5) is 0 Å². The van der Waals surface area contributed by atoms with E-state index in [1.54, 1.807) is 6.26 Å². The molecular weight excluding hydrogens is 238 g/mol. The Morgan fingerprint density at radius 2 is 2.00 bits per heavy atom. The lowest BCUT2D eigenvalue weighted by molar-refractivity contribution is 0.0214. The first kappa shape index (κ1) is 14.6. The van der Waals surface area contributed by atoms with Gasteiger partial charge in [-0.15, -0.1) is 0 Å². The van der Waals surface area contributed by atoms with Crippen LogP contribution in [0.3, 0.4) is 0 Å². The van der Waals surface area contributed by atoms with Gasteiger partial charge in [0.25, 0.3) is 0 Å². The molecule has 1 aromatic heterocycles. The number of hydrogen-bond acceptors (Lipinski definition) is 3. The van der Waals surface area contributed by atoms with Gasteiger partial charge in [0.1, 0.15) is 12.4 Å². The molecule has 3 heteroatoms. The van der Waals surface area contributed by atoms with E-state index in [0.717, 1.165) is 12.3 Å². The van der Waals surface area contributed by atoms with E-state index in [0.29, 0.717) is 18.8 Å². The second-order valence-electron chi connectivity index (χ2n) is 5.83. The predicted octanol–water partition coefficient (Wildman–Crippen LogP) is 4.02. The van der Waals surface area contributed by atoms with Gasteiger partial charge in [-0.1, -0.05) is 39.5 Å². The van der Waals surface area contributed by atoms with Crippen molar-refractivity contribution in [1.82, 2.24) is 5.32 Å². The average Bonchev–Trinajstić information content (AvgIpc) is 2.67. The van der Waals surface area contributed by atoms with Crippen LogP contribution in [0.5, 0.6) is 0 Å². The van der Waals surface area contributed by atoms with E-state index >= 15 is 0 Å². The van der Waals surface area contributed by atoms with E-state index in [1.807, 2.05) is 6.07 Å². The molecule has 1 aromatic rings. The van der Waals surface area contributed by atoms with E-state index < -0.39 is 0 Å². The van der Waals surface area contributed by atoms with Gasteiger partial charge in [0, 0.05) is 18.2 Å². The minimum atomic E-state index is 0.429. The molecule has 0 aromatic carbocycles. The molecule has 1 aliphatic rings. The Hall–Kier alpha value is -0.800. The molecule has 0 saturated heterocycles. The molecule has 0 bridgehead atoms. The van der Waals surface area contributed by atoms with Crippen LogP contribution in [0.1, 0.15) is 63.7 Å². The summed E-state index contributed by atoms with van der Waals surface area (Å²) >= 11 is 0. The van der Waals surface area contributed by atoms with Crippen molar-refractivity contribution in [3.05, 3.63) is 23.7 Å². The van der Waals surface area contributed by atoms with Crippen LogP contribution in [-0.4, -0.2) is 12.1 Å². The maximum absolute atomic E-state index is 6.03. The van der Waals surface area contributed by atoms with E-state index in [1.165, 1.54) is 44.1 Å². The fourth-order valence-corrected chi connectivity index (χ4v) is 2.57. The number of ether oxygens (including phenoxy) is 1. The normalized spacial score (nSPS) is 17.8. The molecule has 0 aliphatic heterocycles. The van der Waals surface area contributed by atoms with Crippen molar-refractivity contribution in [1.29, 1.82) is 0 Å². The van der Waals surface area contributed by atoms with Gasteiger partial charge in [-0.2, -0.15) is 0 Å². The molecule has 1 heterocycles. The van der Waals surface area contributed by atoms with Crippen LogP contribution in [0, 0.1) is 0 Å². The zero-order valence-corrected chi connectivity index (χ0v) is 12.3. The van der Waals surface area contributed by atoms with E-state index in [-0.39, 0.29) is 0 Å². The van der Waals surface area contributed by atoms with Gasteiger partial charge in [0.05, 0.1) is 12.4 Å². The maximum atomic E-state index is 6.03. The van der Waals surface area contributed by atoms with Crippen LogP contribution in [0.15, 0.2) is 16.7 Å². The molecule has 3 nitrogen and oxygen atoms in total. The van der Waals surface area contributed by atoms with Crippen LogP contribution in [0.2, 0.25) is 0 Å². The number of nitrogens with one attached hydrogen (secondary N) is 1. The molecule has 1 fully saturated rings. The van der Waals surface area contributed by atoms with Gasteiger partial charge >= 0.3 is 0 Å². The third-order valence-corrected chi connectivity index (χ3v) is 3.79. The minimum absolute atomic E-state index is 0.429. The number of hydrogen-bond donors (Lipinski definition) is 1. The van der Waals surface area contributed by atoms with Crippen molar-refractivity contribution in [3.8, 4) is 0 Å². The van der Waals surface area contributed by atoms with Crippen LogP contribution < -0.4 is 5.32 Å². The quantitative estimate of drug-likeness (QED) is 0.789. The topological polar surface area (TPSA) is 34.4 Å². The summed E-state index contributed by atoms with van der Waals surface area (Å²) in [5.41, 5.74) is 1.22. The smallest absolute Gasteiger partial charge is 0.133 e. The van der Waals surface area contributed by atoms with Gasteiger partial charge in [-0.25, -0.2) is 0 Å². The van der Waals surface area contributed by atoms with Crippen molar-refractivity contribution in [2.24, 2.45) is 0 Å². The summed E-state index contributed by atoms with van der Waals surface area (Å²) in [7, 11) is 0. The highest BCUT2D eigenvalue weighted by Gasteiger charge is 2.14. The Kier molecular flexibility index (Phi) is 5.93. The maximum Gasteiger partial charge on any atom is 0.133 e. The molecule has 2 rings (SSSR count). The second kappa shape index (κ2) is 7.71. The molecule has 1 saturated carbocycles. The summed E-state index contributed by atoms with van der Waals surface area (Å²) in [6.45, 7) is 5.79. The van der Waals surface area contributed by atoms with Crippen LogP contribution >= 0.6 is 0 Å². The van der Waals surface area contributed by atoms with Crippen LogP contribution in [0.25, 0.3) is 0 Å². The average molecular weight is 265 g/mol. The van der Waals surface area contributed by atoms with Crippen LogP contribution in [-0.2, 0) is 17.9 Å². The first-order valence-electron chi connectivity index (χ1n) is 7.66. The van der Waals surface area contributed by atoms with Crippen molar-refractivity contribution in [2.45, 2.75) is 77.7 Å². The Labute approximate surface area is 116 Å². The van der Waals surface area contributed by atoms with Crippen molar-refractivity contribution < 1.29 is 9.15 Å². The van der Waals surface area contributed by atoms with Gasteiger partial charge < -0.3 is 14.5 Å². The second-order valence-corrected chi connectivity index (χ2v) is 5.83. The first-order chi connectivity index (χ1) is 9.25. The predicted molar refractivity (Wildman–Crippen MR) is 77.0 cm³/mol. The third-order valence-electron chi connectivity index (χ3n) is 3.79. The lowest BCUT2D eigenvalue weighted by Gasteiger charge is -2.15. The highest BCUT2D eigenvalue weighted by Crippen LogP contribution is 2.22. The zero-order chi connectivity index (χ0) is 13.5. The molecule has 1 aliphatic carbocycles. The van der Waals surface area contributed by atoms with Gasteiger partial charge in [-0.05, 0) is 18.9 Å². The van der Waals surface area contributed by atoms with E-state index in [9.17, 15) is 0 Å². The molecule has 0 amide bonds. The first-order valence-corrected chi connectivity index (χ1v) is 7.66. The van der Waals surface area contributed by atoms with Crippen molar-refractivity contribution in [2.75, 3.05) is 0 Å². The Balaban J connectivity index is 1.80. The monoisotopic (exact) mass is 265 g/mol. The minimum Gasteiger partial charge on any atom is -0.467 e. The summed E-state index contributed by atoms with van der Waals surface area (Å²) in [6, 6.07) is 2.53. The molecule has 0 unspecified atom stereocenters. The largest absolute Gasteiger partial charge is 0.467 e. The van der Waals surface area contributed by atoms with Crippen molar-refractivity contribution >= 4 is 0 Å². The van der Waals surface area contributed by atoms with Gasteiger partial charge in [0.15, 0.2) is 0 Å². The number of furan rings is 1. The van der Waals surface area contributed by atoms with Gasteiger partial charge in [0.2, 0.25) is 0 Å². The molecule has 0 atom stereocenters. The highest BCUT2D eigenvalue weighted by molar-refractivity contribution is 5.16. The number of rotatable bonds is 6. The summed E-state index contributed by atoms with van der Waals surface area (Å²) in [5, 5.41) is 3.42.